The second kappa shape index (κ2) is 8.28. The number of hydrogen-bond donors (Lipinski definition) is 1. The van der Waals surface area contributed by atoms with Crippen LogP contribution in [0.2, 0.25) is 0 Å². The summed E-state index contributed by atoms with van der Waals surface area (Å²) in [5.74, 6) is -2.88. The van der Waals surface area contributed by atoms with Gasteiger partial charge in [0.15, 0.2) is 0 Å². The minimum atomic E-state index is -4.61. The Morgan fingerprint density at radius 3 is 2.36 bits per heavy atom. The van der Waals surface area contributed by atoms with E-state index in [4.69, 9.17) is 0 Å². The molecule has 0 aliphatic heterocycles. The van der Waals surface area contributed by atoms with Crippen LogP contribution in [-0.2, 0) is 17.5 Å². The van der Waals surface area contributed by atoms with Gasteiger partial charge < -0.3 is 5.32 Å². The third kappa shape index (κ3) is 4.42. The summed E-state index contributed by atoms with van der Waals surface area (Å²) in [7, 11) is 0. The summed E-state index contributed by atoms with van der Waals surface area (Å²) >= 11 is 0.953. The third-order valence-corrected chi connectivity index (χ3v) is 5.53. The molecule has 0 fully saturated rings. The lowest BCUT2D eigenvalue weighted by Crippen LogP contribution is -2.40. The highest BCUT2D eigenvalue weighted by Crippen LogP contribution is 2.30. The first-order chi connectivity index (χ1) is 15.5. The molecule has 33 heavy (non-hydrogen) atoms. The average molecular weight is 481 g/mol. The molecule has 0 saturated carbocycles. The molecule has 0 radical (unpaired) electrons. The number of halogens is 5. The van der Waals surface area contributed by atoms with E-state index in [1.54, 1.807) is 0 Å². The van der Waals surface area contributed by atoms with Crippen molar-refractivity contribution in [1.29, 1.82) is 0 Å². The zero-order valence-corrected chi connectivity index (χ0v) is 17.1. The first-order valence-electron chi connectivity index (χ1n) is 9.21. The van der Waals surface area contributed by atoms with E-state index >= 15 is 0 Å². The number of aromatic nitrogens is 2. The summed E-state index contributed by atoms with van der Waals surface area (Å²) in [5, 5.41) is 3.77. The van der Waals surface area contributed by atoms with Crippen LogP contribution in [0.1, 0.15) is 5.56 Å². The zero-order valence-electron chi connectivity index (χ0n) is 16.3. The van der Waals surface area contributed by atoms with Gasteiger partial charge in [0.25, 0.3) is 5.56 Å². The molecule has 0 aliphatic carbocycles. The zero-order chi connectivity index (χ0) is 23.9. The smallest absolute Gasteiger partial charge is 0.325 e. The number of thiophene rings is 1. The van der Waals surface area contributed by atoms with Crippen LogP contribution in [0.25, 0.3) is 15.9 Å². The molecule has 0 saturated heterocycles. The van der Waals surface area contributed by atoms with Crippen LogP contribution in [0.3, 0.4) is 0 Å². The lowest BCUT2D eigenvalue weighted by molar-refractivity contribution is -0.137. The Bertz CT molecular complexity index is 1480. The molecule has 0 atom stereocenters. The molecule has 1 amide bonds. The predicted molar refractivity (Wildman–Crippen MR) is 112 cm³/mol. The summed E-state index contributed by atoms with van der Waals surface area (Å²) in [4.78, 5) is 38.4. The van der Waals surface area contributed by atoms with Gasteiger partial charge in [0.2, 0.25) is 5.91 Å². The van der Waals surface area contributed by atoms with Crippen molar-refractivity contribution in [3.8, 4) is 5.69 Å². The fraction of sp³-hybridized carbons (Fsp3) is 0.0952. The van der Waals surface area contributed by atoms with Crippen molar-refractivity contribution in [3.63, 3.8) is 0 Å². The van der Waals surface area contributed by atoms with Crippen molar-refractivity contribution in [1.82, 2.24) is 9.13 Å². The Morgan fingerprint density at radius 1 is 1.00 bits per heavy atom. The van der Waals surface area contributed by atoms with Crippen molar-refractivity contribution in [3.05, 3.63) is 91.9 Å². The normalized spacial score (nSPS) is 11.7. The Labute approximate surface area is 185 Å². The van der Waals surface area contributed by atoms with E-state index in [2.05, 4.69) is 5.32 Å². The topological polar surface area (TPSA) is 73.1 Å². The van der Waals surface area contributed by atoms with Gasteiger partial charge in [0.05, 0.1) is 16.8 Å². The van der Waals surface area contributed by atoms with E-state index < -0.39 is 47.1 Å². The molecular formula is C21H12F5N3O3S. The lowest BCUT2D eigenvalue weighted by Gasteiger charge is -2.13. The summed E-state index contributed by atoms with van der Waals surface area (Å²) in [6.07, 6.45) is -4.61. The van der Waals surface area contributed by atoms with Crippen LogP contribution in [-0.4, -0.2) is 15.0 Å². The first kappa shape index (κ1) is 22.4. The molecule has 0 unspecified atom stereocenters. The number of nitrogens with zero attached hydrogens (tertiary/aromatic N) is 2. The largest absolute Gasteiger partial charge is 0.416 e. The van der Waals surface area contributed by atoms with E-state index in [1.807, 2.05) is 0 Å². The molecule has 4 rings (SSSR count). The minimum Gasteiger partial charge on any atom is -0.325 e. The number of anilines is 1. The Balaban J connectivity index is 1.76. The standard InChI is InChI=1S/C21H12F5N3O3S/c22-12-7-13(23)9-15(8-12)29-19(31)18-16(4-5-33-18)28(20(29)32)10-17(30)27-14-3-1-2-11(6-14)21(24,25)26/h1-9H,10H2,(H,27,30). The van der Waals surface area contributed by atoms with Gasteiger partial charge in [0, 0.05) is 11.8 Å². The van der Waals surface area contributed by atoms with Gasteiger partial charge in [-0.1, -0.05) is 6.07 Å². The van der Waals surface area contributed by atoms with E-state index in [0.717, 1.165) is 46.2 Å². The number of alkyl halides is 3. The number of rotatable bonds is 4. The van der Waals surface area contributed by atoms with Crippen LogP contribution >= 0.6 is 11.3 Å². The summed E-state index contributed by atoms with van der Waals surface area (Å²) in [6.45, 7) is -0.666. The fourth-order valence-electron chi connectivity index (χ4n) is 3.25. The van der Waals surface area contributed by atoms with E-state index in [9.17, 15) is 36.3 Å². The molecular weight excluding hydrogens is 469 g/mol. The van der Waals surface area contributed by atoms with Crippen molar-refractivity contribution in [2.45, 2.75) is 12.7 Å². The Morgan fingerprint density at radius 2 is 1.70 bits per heavy atom. The van der Waals surface area contributed by atoms with Crippen molar-refractivity contribution < 1.29 is 26.7 Å². The van der Waals surface area contributed by atoms with Crippen LogP contribution in [0.4, 0.5) is 27.6 Å². The van der Waals surface area contributed by atoms with Crippen LogP contribution in [0.15, 0.2) is 63.5 Å². The van der Waals surface area contributed by atoms with Gasteiger partial charge in [0.1, 0.15) is 22.9 Å². The third-order valence-electron chi connectivity index (χ3n) is 4.64. The number of amides is 1. The Hall–Kier alpha value is -3.80. The quantitative estimate of drug-likeness (QED) is 0.445. The maximum absolute atomic E-state index is 13.7. The molecule has 2 aromatic carbocycles. The molecule has 6 nitrogen and oxygen atoms in total. The lowest BCUT2D eigenvalue weighted by atomic mass is 10.2. The van der Waals surface area contributed by atoms with E-state index in [1.165, 1.54) is 17.5 Å². The molecule has 4 aromatic rings. The summed E-state index contributed by atoms with van der Waals surface area (Å²) in [6, 6.07) is 7.49. The van der Waals surface area contributed by atoms with E-state index in [-0.39, 0.29) is 21.6 Å². The number of fused-ring (bicyclic) bond motifs is 1. The fourth-order valence-corrected chi connectivity index (χ4v) is 4.08. The molecule has 1 N–H and O–H groups in total. The number of hydrogen-bond acceptors (Lipinski definition) is 4. The van der Waals surface area contributed by atoms with Crippen molar-refractivity contribution >= 4 is 33.1 Å². The summed E-state index contributed by atoms with van der Waals surface area (Å²) < 4.78 is 67.6. The highest BCUT2D eigenvalue weighted by Gasteiger charge is 2.30. The van der Waals surface area contributed by atoms with Crippen LogP contribution in [0, 0.1) is 11.6 Å². The second-order valence-corrected chi connectivity index (χ2v) is 7.81. The average Bonchev–Trinajstić information content (AvgIpc) is 3.20. The molecule has 2 aromatic heterocycles. The monoisotopic (exact) mass is 481 g/mol. The van der Waals surface area contributed by atoms with Crippen molar-refractivity contribution in [2.75, 3.05) is 5.32 Å². The molecule has 12 heteroatoms. The van der Waals surface area contributed by atoms with Gasteiger partial charge in [-0.15, -0.1) is 11.3 Å². The highest BCUT2D eigenvalue weighted by atomic mass is 32.1. The van der Waals surface area contributed by atoms with Gasteiger partial charge >= 0.3 is 11.9 Å². The number of carbonyl (C=O) groups excluding carboxylic acids is 1. The molecule has 0 spiro atoms. The molecule has 0 bridgehead atoms. The van der Waals surface area contributed by atoms with Gasteiger partial charge in [-0.05, 0) is 41.8 Å². The van der Waals surface area contributed by atoms with Crippen LogP contribution in [0.5, 0.6) is 0 Å². The molecule has 170 valence electrons. The van der Waals surface area contributed by atoms with Gasteiger partial charge in [-0.25, -0.2) is 18.1 Å². The van der Waals surface area contributed by atoms with Crippen molar-refractivity contribution in [2.24, 2.45) is 0 Å². The summed E-state index contributed by atoms with van der Waals surface area (Å²) in [5.41, 5.74) is -3.27. The van der Waals surface area contributed by atoms with Crippen LogP contribution < -0.4 is 16.6 Å². The maximum Gasteiger partial charge on any atom is 0.416 e. The van der Waals surface area contributed by atoms with Gasteiger partial charge in [-0.3, -0.25) is 14.2 Å². The number of benzene rings is 2. The number of nitrogens with one attached hydrogen (secondary N) is 1. The molecule has 0 aliphatic rings. The first-order valence-corrected chi connectivity index (χ1v) is 10.1. The Kier molecular flexibility index (Phi) is 5.62. The highest BCUT2D eigenvalue weighted by molar-refractivity contribution is 7.17. The SMILES string of the molecule is O=C(Cn1c(=O)n(-c2cc(F)cc(F)c2)c(=O)c2sccc21)Nc1cccc(C(F)(F)F)c1. The molecule has 2 heterocycles. The van der Waals surface area contributed by atoms with E-state index in [0.29, 0.717) is 10.6 Å². The second-order valence-electron chi connectivity index (χ2n) is 6.90. The predicted octanol–water partition coefficient (Wildman–Crippen LogP) is 4.15. The minimum absolute atomic E-state index is 0.0474. The maximum atomic E-state index is 13.7. The van der Waals surface area contributed by atoms with Gasteiger partial charge in [-0.2, -0.15) is 13.2 Å². The number of carbonyl (C=O) groups is 1.